The van der Waals surface area contributed by atoms with Crippen molar-refractivity contribution in [3.8, 4) is 11.5 Å². The minimum absolute atomic E-state index is 0.254. The van der Waals surface area contributed by atoms with E-state index in [1.807, 2.05) is 55.5 Å². The minimum Gasteiger partial charge on any atom is -0.490 e. The van der Waals surface area contributed by atoms with Gasteiger partial charge in [-0.1, -0.05) is 52.3 Å². The Kier molecular flexibility index (Phi) is 7.82. The molecular weight excluding hydrogens is 516 g/mol. The molecule has 1 N–H and O–H groups in total. The van der Waals surface area contributed by atoms with Crippen LogP contribution in [0.1, 0.15) is 28.4 Å². The van der Waals surface area contributed by atoms with Gasteiger partial charge >= 0.3 is 0 Å². The fourth-order valence-electron chi connectivity index (χ4n) is 3.11. The number of hydrogen-bond acceptors (Lipinski definition) is 5. The van der Waals surface area contributed by atoms with Gasteiger partial charge in [-0.15, -0.1) is 0 Å². The number of carbonyl (C=O) groups excluding carboxylic acids is 2. The molecule has 172 valence electrons. The molecule has 2 amide bonds. The first-order valence-corrected chi connectivity index (χ1v) is 12.2. The average Bonchev–Trinajstić information content (AvgIpc) is 3.18. The molecule has 0 unspecified atom stereocenters. The Hall–Kier alpha value is -3.36. The number of nitrogens with one attached hydrogen (secondary N) is 1. The largest absolute Gasteiger partial charge is 0.490 e. The van der Waals surface area contributed by atoms with Crippen LogP contribution in [0.3, 0.4) is 0 Å². The molecule has 1 heterocycles. The third-order valence-corrected chi connectivity index (χ3v) is 6.19. The van der Waals surface area contributed by atoms with Crippen molar-refractivity contribution in [2.45, 2.75) is 13.5 Å². The number of hydrogen-bond donors (Lipinski definition) is 1. The second-order valence-corrected chi connectivity index (χ2v) is 9.15. The third-order valence-electron chi connectivity index (χ3n) is 4.75. The molecule has 1 aliphatic heterocycles. The van der Waals surface area contributed by atoms with Gasteiger partial charge in [0.2, 0.25) is 0 Å². The predicted molar refractivity (Wildman–Crippen MR) is 138 cm³/mol. The molecule has 0 spiro atoms. The molecule has 0 bridgehead atoms. The van der Waals surface area contributed by atoms with Crippen molar-refractivity contribution in [3.63, 3.8) is 0 Å². The molecule has 3 aromatic carbocycles. The summed E-state index contributed by atoms with van der Waals surface area (Å²) in [7, 11) is 0. The van der Waals surface area contributed by atoms with Gasteiger partial charge in [-0.05, 0) is 72.3 Å². The number of nitrogens with zero attached hydrogens (tertiary/aromatic N) is 1. The van der Waals surface area contributed by atoms with Crippen molar-refractivity contribution in [2.75, 3.05) is 6.61 Å². The lowest BCUT2D eigenvalue weighted by atomic mass is 10.2. The van der Waals surface area contributed by atoms with Gasteiger partial charge in [0, 0.05) is 10.0 Å². The van der Waals surface area contributed by atoms with Crippen LogP contribution in [0.2, 0.25) is 0 Å². The zero-order valence-electron chi connectivity index (χ0n) is 18.3. The maximum absolute atomic E-state index is 12.4. The SMILES string of the molecule is CCOc1cc(/C=C2\SC(=NC(=O)c3ccccc3)NC2=O)ccc1OCc1ccc(Br)cc1. The molecule has 0 radical (unpaired) electrons. The van der Waals surface area contributed by atoms with Gasteiger partial charge in [0.1, 0.15) is 6.61 Å². The van der Waals surface area contributed by atoms with E-state index in [1.54, 1.807) is 30.3 Å². The van der Waals surface area contributed by atoms with E-state index in [2.05, 4.69) is 26.2 Å². The fourth-order valence-corrected chi connectivity index (χ4v) is 4.20. The Morgan fingerprint density at radius 3 is 2.53 bits per heavy atom. The van der Waals surface area contributed by atoms with E-state index in [0.29, 0.717) is 35.2 Å². The Morgan fingerprint density at radius 1 is 1.03 bits per heavy atom. The number of aliphatic imine (C=N–C) groups is 1. The number of amides is 2. The van der Waals surface area contributed by atoms with Gasteiger partial charge < -0.3 is 14.8 Å². The Morgan fingerprint density at radius 2 is 1.79 bits per heavy atom. The number of amidine groups is 1. The van der Waals surface area contributed by atoms with Gasteiger partial charge in [0.25, 0.3) is 11.8 Å². The first-order valence-electron chi connectivity index (χ1n) is 10.5. The highest BCUT2D eigenvalue weighted by Crippen LogP contribution is 2.32. The van der Waals surface area contributed by atoms with Crippen LogP contribution >= 0.6 is 27.7 Å². The van der Waals surface area contributed by atoms with Crippen molar-refractivity contribution in [1.82, 2.24) is 5.32 Å². The van der Waals surface area contributed by atoms with Crippen molar-refractivity contribution in [3.05, 3.63) is 98.9 Å². The molecule has 1 aliphatic rings. The van der Waals surface area contributed by atoms with Crippen molar-refractivity contribution in [1.29, 1.82) is 0 Å². The van der Waals surface area contributed by atoms with E-state index in [0.717, 1.165) is 27.4 Å². The molecule has 34 heavy (non-hydrogen) atoms. The summed E-state index contributed by atoms with van der Waals surface area (Å²) in [4.78, 5) is 29.2. The first-order chi connectivity index (χ1) is 16.5. The van der Waals surface area contributed by atoms with Crippen LogP contribution in [0.4, 0.5) is 0 Å². The van der Waals surface area contributed by atoms with Crippen molar-refractivity contribution >= 4 is 50.7 Å². The van der Waals surface area contributed by atoms with Crippen LogP contribution in [0, 0.1) is 0 Å². The highest BCUT2D eigenvalue weighted by Gasteiger charge is 2.25. The summed E-state index contributed by atoms with van der Waals surface area (Å²) in [5.41, 5.74) is 2.27. The van der Waals surface area contributed by atoms with Crippen LogP contribution in [-0.2, 0) is 11.4 Å². The quantitative estimate of drug-likeness (QED) is 0.384. The number of thioether (sulfide) groups is 1. The second-order valence-electron chi connectivity index (χ2n) is 7.21. The maximum Gasteiger partial charge on any atom is 0.279 e. The smallest absolute Gasteiger partial charge is 0.279 e. The number of carbonyl (C=O) groups is 2. The number of halogens is 1. The van der Waals surface area contributed by atoms with E-state index >= 15 is 0 Å². The highest BCUT2D eigenvalue weighted by molar-refractivity contribution is 9.10. The summed E-state index contributed by atoms with van der Waals surface area (Å²) in [6, 6.07) is 22.1. The second kappa shape index (κ2) is 11.2. The molecule has 4 rings (SSSR count). The Bertz CT molecular complexity index is 1260. The van der Waals surface area contributed by atoms with E-state index in [9.17, 15) is 9.59 Å². The van der Waals surface area contributed by atoms with E-state index in [1.165, 1.54) is 0 Å². The topological polar surface area (TPSA) is 77.0 Å². The fraction of sp³-hybridized carbons (Fsp3) is 0.115. The summed E-state index contributed by atoms with van der Waals surface area (Å²) in [5.74, 6) is 0.491. The van der Waals surface area contributed by atoms with E-state index in [4.69, 9.17) is 9.47 Å². The summed E-state index contributed by atoms with van der Waals surface area (Å²) in [6.07, 6.45) is 1.73. The van der Waals surface area contributed by atoms with Crippen molar-refractivity contribution < 1.29 is 19.1 Å². The minimum atomic E-state index is -0.407. The predicted octanol–water partition coefficient (Wildman–Crippen LogP) is 5.83. The molecule has 1 fully saturated rings. The standard InChI is InChI=1S/C26H21BrN2O4S/c1-2-32-22-14-18(10-13-21(22)33-16-17-8-11-20(27)12-9-17)15-23-25(31)29-26(34-23)28-24(30)19-6-4-3-5-7-19/h3-15H,2,16H2,1H3,(H,28,29,30,31)/b23-15-. The lowest BCUT2D eigenvalue weighted by Gasteiger charge is -2.13. The third kappa shape index (κ3) is 6.15. The zero-order valence-corrected chi connectivity index (χ0v) is 20.7. The van der Waals surface area contributed by atoms with Gasteiger partial charge in [0.15, 0.2) is 16.7 Å². The summed E-state index contributed by atoms with van der Waals surface area (Å²) < 4.78 is 12.7. The number of ether oxygens (including phenoxy) is 2. The molecule has 0 saturated carbocycles. The first kappa shape index (κ1) is 23.8. The van der Waals surface area contributed by atoms with Gasteiger partial charge in [-0.2, -0.15) is 4.99 Å². The zero-order chi connectivity index (χ0) is 23.9. The van der Waals surface area contributed by atoms with E-state index in [-0.39, 0.29) is 11.1 Å². The monoisotopic (exact) mass is 536 g/mol. The normalized spacial score (nSPS) is 15.4. The van der Waals surface area contributed by atoms with E-state index < -0.39 is 5.91 Å². The molecule has 0 aromatic heterocycles. The lowest BCUT2D eigenvalue weighted by Crippen LogP contribution is -2.20. The van der Waals surface area contributed by atoms with Crippen LogP contribution in [0.15, 0.2) is 87.2 Å². The molecule has 1 saturated heterocycles. The molecular formula is C26H21BrN2O4S. The number of benzene rings is 3. The Labute approximate surface area is 210 Å². The maximum atomic E-state index is 12.4. The molecule has 8 heteroatoms. The Balaban J connectivity index is 1.48. The van der Waals surface area contributed by atoms with Crippen LogP contribution in [0.5, 0.6) is 11.5 Å². The van der Waals surface area contributed by atoms with Crippen LogP contribution < -0.4 is 14.8 Å². The summed E-state index contributed by atoms with van der Waals surface area (Å²) >= 11 is 4.55. The van der Waals surface area contributed by atoms with Crippen molar-refractivity contribution in [2.24, 2.45) is 4.99 Å². The molecule has 0 aliphatic carbocycles. The lowest BCUT2D eigenvalue weighted by molar-refractivity contribution is -0.115. The molecule has 0 atom stereocenters. The van der Waals surface area contributed by atoms with Gasteiger partial charge in [-0.3, -0.25) is 9.59 Å². The number of rotatable bonds is 7. The van der Waals surface area contributed by atoms with Gasteiger partial charge in [-0.25, -0.2) is 0 Å². The van der Waals surface area contributed by atoms with Crippen LogP contribution in [-0.4, -0.2) is 23.6 Å². The van der Waals surface area contributed by atoms with Crippen LogP contribution in [0.25, 0.3) is 6.08 Å². The molecule has 3 aromatic rings. The average molecular weight is 537 g/mol. The summed E-state index contributed by atoms with van der Waals surface area (Å²) in [6.45, 7) is 2.78. The molecule has 6 nitrogen and oxygen atoms in total. The summed E-state index contributed by atoms with van der Waals surface area (Å²) in [5, 5.41) is 2.90. The highest BCUT2D eigenvalue weighted by atomic mass is 79.9. The van der Waals surface area contributed by atoms with Gasteiger partial charge in [0.05, 0.1) is 11.5 Å².